The van der Waals surface area contributed by atoms with E-state index in [4.69, 9.17) is 17.0 Å². The van der Waals surface area contributed by atoms with Crippen LogP contribution in [0, 0.1) is 13.8 Å². The number of rotatable bonds is 4. The Bertz CT molecular complexity index is 841. The van der Waals surface area contributed by atoms with E-state index in [2.05, 4.69) is 15.6 Å². The van der Waals surface area contributed by atoms with Gasteiger partial charge in [-0.3, -0.25) is 0 Å². The number of aryl methyl sites for hydroxylation is 3. The maximum Gasteiger partial charge on any atom is 0.341 e. The molecule has 0 fully saturated rings. The lowest BCUT2D eigenvalue weighted by atomic mass is 10.1. The van der Waals surface area contributed by atoms with E-state index in [9.17, 15) is 4.79 Å². The zero-order valence-corrected chi connectivity index (χ0v) is 17.6. The standard InChI is InChI=1S/C20H25N3O2S2/c1-4-25-19(24)17-14-8-6-5-7-9-15(14)27-18(17)23-20(26)22-16-11-12(2)10-13(3)21-16/h10-11H,4-9H2,1-3H3,(H2,21,22,23,26). The average Bonchev–Trinajstić information content (AvgIpc) is 2.75. The van der Waals surface area contributed by atoms with Crippen LogP contribution in [-0.2, 0) is 17.6 Å². The van der Waals surface area contributed by atoms with Gasteiger partial charge in [0, 0.05) is 10.6 Å². The van der Waals surface area contributed by atoms with E-state index in [0.717, 1.165) is 47.5 Å². The van der Waals surface area contributed by atoms with Crippen LogP contribution in [0.1, 0.15) is 58.2 Å². The van der Waals surface area contributed by atoms with Crippen LogP contribution in [-0.4, -0.2) is 22.7 Å². The molecule has 1 aliphatic rings. The summed E-state index contributed by atoms with van der Waals surface area (Å²) >= 11 is 7.09. The van der Waals surface area contributed by atoms with E-state index in [1.54, 1.807) is 11.3 Å². The molecule has 0 unspecified atom stereocenters. The zero-order valence-electron chi connectivity index (χ0n) is 16.0. The van der Waals surface area contributed by atoms with E-state index in [0.29, 0.717) is 23.1 Å². The lowest BCUT2D eigenvalue weighted by Gasteiger charge is -2.12. The van der Waals surface area contributed by atoms with Gasteiger partial charge in [0.25, 0.3) is 0 Å². The van der Waals surface area contributed by atoms with Gasteiger partial charge < -0.3 is 15.4 Å². The lowest BCUT2D eigenvalue weighted by molar-refractivity contribution is 0.0527. The van der Waals surface area contributed by atoms with Gasteiger partial charge in [0.2, 0.25) is 0 Å². The number of nitrogens with one attached hydrogen (secondary N) is 2. The monoisotopic (exact) mass is 403 g/mol. The summed E-state index contributed by atoms with van der Waals surface area (Å²) in [5.41, 5.74) is 3.82. The molecule has 2 N–H and O–H groups in total. The molecular weight excluding hydrogens is 378 g/mol. The molecule has 0 aliphatic heterocycles. The minimum atomic E-state index is -0.272. The number of thiocarbonyl (C=S) groups is 1. The van der Waals surface area contributed by atoms with Gasteiger partial charge in [0.05, 0.1) is 12.2 Å². The van der Waals surface area contributed by atoms with Gasteiger partial charge in [-0.1, -0.05) is 6.42 Å². The van der Waals surface area contributed by atoms with Crippen molar-refractivity contribution in [1.82, 2.24) is 4.98 Å². The number of nitrogens with zero attached hydrogens (tertiary/aromatic N) is 1. The van der Waals surface area contributed by atoms with Crippen molar-refractivity contribution < 1.29 is 9.53 Å². The number of ether oxygens (including phenoxy) is 1. The number of carbonyl (C=O) groups is 1. The highest BCUT2D eigenvalue weighted by Crippen LogP contribution is 2.38. The summed E-state index contributed by atoms with van der Waals surface area (Å²) in [6.07, 6.45) is 5.38. The second-order valence-electron chi connectivity index (χ2n) is 6.74. The number of pyridine rings is 1. The van der Waals surface area contributed by atoms with Crippen molar-refractivity contribution >= 4 is 45.5 Å². The van der Waals surface area contributed by atoms with Crippen molar-refractivity contribution in [1.29, 1.82) is 0 Å². The van der Waals surface area contributed by atoms with Gasteiger partial charge in [-0.2, -0.15) is 0 Å². The molecule has 0 saturated heterocycles. The van der Waals surface area contributed by atoms with Crippen molar-refractivity contribution in [2.75, 3.05) is 17.2 Å². The Morgan fingerprint density at radius 2 is 2.00 bits per heavy atom. The normalized spacial score (nSPS) is 13.4. The Morgan fingerprint density at radius 3 is 2.74 bits per heavy atom. The smallest absolute Gasteiger partial charge is 0.341 e. The summed E-state index contributed by atoms with van der Waals surface area (Å²) in [6.45, 7) is 6.15. The van der Waals surface area contributed by atoms with E-state index in [-0.39, 0.29) is 5.97 Å². The molecule has 0 amide bonds. The van der Waals surface area contributed by atoms with E-state index >= 15 is 0 Å². The Balaban J connectivity index is 1.84. The molecule has 0 atom stereocenters. The van der Waals surface area contributed by atoms with Gasteiger partial charge in [-0.15, -0.1) is 11.3 Å². The highest BCUT2D eigenvalue weighted by atomic mass is 32.1. The van der Waals surface area contributed by atoms with Crippen LogP contribution in [0.15, 0.2) is 12.1 Å². The molecule has 7 heteroatoms. The van der Waals surface area contributed by atoms with Gasteiger partial charge in [0.15, 0.2) is 5.11 Å². The van der Waals surface area contributed by atoms with Crippen LogP contribution in [0.2, 0.25) is 0 Å². The van der Waals surface area contributed by atoms with Gasteiger partial charge in [-0.05, 0) is 81.9 Å². The molecule has 0 spiro atoms. The van der Waals surface area contributed by atoms with Crippen molar-refractivity contribution in [3.05, 3.63) is 39.4 Å². The van der Waals surface area contributed by atoms with Crippen molar-refractivity contribution in [3.63, 3.8) is 0 Å². The molecule has 2 aromatic rings. The molecule has 0 saturated carbocycles. The molecule has 1 aliphatic carbocycles. The molecule has 144 valence electrons. The number of esters is 1. The first kappa shape index (κ1) is 19.8. The highest BCUT2D eigenvalue weighted by molar-refractivity contribution is 7.80. The fraction of sp³-hybridized carbons (Fsp3) is 0.450. The third kappa shape index (κ3) is 4.84. The summed E-state index contributed by atoms with van der Waals surface area (Å²) in [5, 5.41) is 7.53. The molecule has 0 aromatic carbocycles. The van der Waals surface area contributed by atoms with Crippen LogP contribution >= 0.6 is 23.6 Å². The predicted molar refractivity (Wildman–Crippen MR) is 115 cm³/mol. The van der Waals surface area contributed by atoms with E-state index in [1.807, 2.05) is 32.9 Å². The maximum atomic E-state index is 12.6. The first-order chi connectivity index (χ1) is 13.0. The Morgan fingerprint density at radius 1 is 1.22 bits per heavy atom. The molecule has 2 heterocycles. The topological polar surface area (TPSA) is 63.2 Å². The maximum absolute atomic E-state index is 12.6. The van der Waals surface area contributed by atoms with E-state index in [1.165, 1.54) is 11.3 Å². The quantitative estimate of drug-likeness (QED) is 0.425. The third-order valence-electron chi connectivity index (χ3n) is 4.47. The highest BCUT2D eigenvalue weighted by Gasteiger charge is 2.26. The number of thiophene rings is 1. The summed E-state index contributed by atoms with van der Waals surface area (Å²) in [6, 6.07) is 3.95. The van der Waals surface area contributed by atoms with Gasteiger partial charge in [0.1, 0.15) is 10.8 Å². The fourth-order valence-electron chi connectivity index (χ4n) is 3.41. The Hall–Kier alpha value is -1.99. The summed E-state index contributed by atoms with van der Waals surface area (Å²) in [7, 11) is 0. The summed E-state index contributed by atoms with van der Waals surface area (Å²) in [5.74, 6) is 0.424. The zero-order chi connectivity index (χ0) is 19.4. The number of hydrogen-bond acceptors (Lipinski definition) is 5. The summed E-state index contributed by atoms with van der Waals surface area (Å²) < 4.78 is 5.32. The lowest BCUT2D eigenvalue weighted by Crippen LogP contribution is -2.21. The third-order valence-corrected chi connectivity index (χ3v) is 5.88. The molecule has 5 nitrogen and oxygen atoms in total. The van der Waals surface area contributed by atoms with Crippen molar-refractivity contribution in [2.45, 2.75) is 52.9 Å². The number of aromatic nitrogens is 1. The second kappa shape index (κ2) is 8.80. The Labute approximate surface area is 169 Å². The van der Waals surface area contributed by atoms with Crippen LogP contribution in [0.5, 0.6) is 0 Å². The van der Waals surface area contributed by atoms with Crippen LogP contribution < -0.4 is 10.6 Å². The number of anilines is 2. The fourth-order valence-corrected chi connectivity index (χ4v) is 4.96. The molecule has 2 aromatic heterocycles. The van der Waals surface area contributed by atoms with Gasteiger partial charge in [-0.25, -0.2) is 9.78 Å². The largest absolute Gasteiger partial charge is 0.462 e. The van der Waals surface area contributed by atoms with E-state index < -0.39 is 0 Å². The molecule has 27 heavy (non-hydrogen) atoms. The van der Waals surface area contributed by atoms with Crippen LogP contribution in [0.3, 0.4) is 0 Å². The Kier molecular flexibility index (Phi) is 6.44. The predicted octanol–water partition coefficient (Wildman–Crippen LogP) is 5.01. The molecular formula is C20H25N3O2S2. The molecule has 3 rings (SSSR count). The van der Waals surface area contributed by atoms with Crippen molar-refractivity contribution in [3.8, 4) is 0 Å². The minimum Gasteiger partial charge on any atom is -0.462 e. The first-order valence-corrected chi connectivity index (χ1v) is 10.6. The second-order valence-corrected chi connectivity index (χ2v) is 8.25. The van der Waals surface area contributed by atoms with Crippen LogP contribution in [0.4, 0.5) is 10.8 Å². The first-order valence-electron chi connectivity index (χ1n) is 9.33. The number of fused-ring (bicyclic) bond motifs is 1. The van der Waals surface area contributed by atoms with Crippen LogP contribution in [0.25, 0.3) is 0 Å². The van der Waals surface area contributed by atoms with Gasteiger partial charge >= 0.3 is 5.97 Å². The summed E-state index contributed by atoms with van der Waals surface area (Å²) in [4.78, 5) is 18.3. The average molecular weight is 404 g/mol. The minimum absolute atomic E-state index is 0.272. The number of carbonyl (C=O) groups excluding carboxylic acids is 1. The number of hydrogen-bond donors (Lipinski definition) is 2. The SMILES string of the molecule is CCOC(=O)c1c(NC(=S)Nc2cc(C)cc(C)n2)sc2c1CCCCC2. The molecule has 0 radical (unpaired) electrons. The molecule has 0 bridgehead atoms. The van der Waals surface area contributed by atoms with Crippen molar-refractivity contribution in [2.24, 2.45) is 0 Å².